The molecular weight excluding hydrogens is 395 g/mol. The van der Waals surface area contributed by atoms with Crippen molar-refractivity contribution in [3.05, 3.63) is 12.3 Å². The van der Waals surface area contributed by atoms with Crippen LogP contribution in [0.4, 0.5) is 0 Å². The van der Waals surface area contributed by atoms with Crippen LogP contribution in [-0.4, -0.2) is 36.8 Å². The monoisotopic (exact) mass is 428 g/mol. The summed E-state index contributed by atoms with van der Waals surface area (Å²) in [6.45, 7) is 3.82. The second-order valence-corrected chi connectivity index (χ2v) is 8.05. The van der Waals surface area contributed by atoms with Crippen molar-refractivity contribution >= 4 is 22.1 Å². The zero-order chi connectivity index (χ0) is 20.5. The Labute approximate surface area is 191 Å². The molecule has 0 N–H and O–H groups in total. The minimum absolute atomic E-state index is 0. The fourth-order valence-corrected chi connectivity index (χ4v) is 3.15. The van der Waals surface area contributed by atoms with Crippen molar-refractivity contribution in [1.82, 2.24) is 0 Å². The number of carbonyl (C=O) groups excluding carboxylic acids is 2. The molecule has 0 aromatic carbocycles. The van der Waals surface area contributed by atoms with Gasteiger partial charge in [-0.05, 0) is 13.3 Å². The second-order valence-electron chi connectivity index (χ2n) is 6.49. The van der Waals surface area contributed by atoms with Gasteiger partial charge in [0.15, 0.2) is 5.25 Å². The molecule has 158 valence electrons. The van der Waals surface area contributed by atoms with Gasteiger partial charge in [-0.1, -0.05) is 70.8 Å². The zero-order valence-corrected chi connectivity index (χ0v) is 20.3. The Kier molecular flexibility index (Phi) is 19.8. The van der Waals surface area contributed by atoms with Crippen LogP contribution in [0.25, 0.3) is 0 Å². The molecule has 0 radical (unpaired) electrons. The molecule has 9 heteroatoms. The summed E-state index contributed by atoms with van der Waals surface area (Å²) < 4.78 is 43.0. The van der Waals surface area contributed by atoms with Gasteiger partial charge < -0.3 is 14.0 Å². The van der Waals surface area contributed by atoms with E-state index < -0.39 is 33.7 Å². The molecular formula is C19H33NaO7S. The molecule has 0 aliphatic heterocycles. The van der Waals surface area contributed by atoms with Gasteiger partial charge in [0, 0.05) is 0 Å². The molecule has 0 aromatic rings. The Morgan fingerprint density at radius 1 is 0.964 bits per heavy atom. The van der Waals surface area contributed by atoms with Gasteiger partial charge in [-0.25, -0.2) is 8.42 Å². The minimum atomic E-state index is -5.00. The first-order chi connectivity index (χ1) is 12.8. The first-order valence-corrected chi connectivity index (χ1v) is 11.2. The maximum Gasteiger partial charge on any atom is 1.00 e. The van der Waals surface area contributed by atoms with Gasteiger partial charge in [0.1, 0.15) is 10.1 Å². The Morgan fingerprint density at radius 2 is 1.46 bits per heavy atom. The summed E-state index contributed by atoms with van der Waals surface area (Å²) in [6.07, 6.45) is 12.7. The maximum atomic E-state index is 11.8. The SMILES string of the molecule is C/C=C/OC(=O)CC(C(=O)OCCCCCCCCCCCC)S(=O)(=O)[O-].[Na+]. The molecule has 0 bridgehead atoms. The van der Waals surface area contributed by atoms with Crippen LogP contribution in [0.1, 0.15) is 84.5 Å². The number of hydrogen-bond acceptors (Lipinski definition) is 7. The number of rotatable bonds is 16. The summed E-state index contributed by atoms with van der Waals surface area (Å²) in [7, 11) is -5.00. The average Bonchev–Trinajstić information content (AvgIpc) is 2.61. The van der Waals surface area contributed by atoms with Crippen molar-refractivity contribution in [2.45, 2.75) is 89.7 Å². The standard InChI is InChI=1S/C19H34O7S.Na/c1-3-5-6-7-8-9-10-11-12-13-15-26-19(21)17(27(22,23)24)16-18(20)25-14-4-2;/h4,14,17H,3,5-13,15-16H2,1-2H3,(H,22,23,24);/q;+1/p-1/b14-4+;. The molecule has 7 nitrogen and oxygen atoms in total. The molecule has 0 aliphatic carbocycles. The van der Waals surface area contributed by atoms with Gasteiger partial charge in [0.05, 0.1) is 19.3 Å². The second kappa shape index (κ2) is 18.6. The number of unbranched alkanes of at least 4 members (excludes halogenated alkanes) is 9. The summed E-state index contributed by atoms with van der Waals surface area (Å²) >= 11 is 0. The molecule has 0 amide bonds. The van der Waals surface area contributed by atoms with Crippen LogP contribution in [0.3, 0.4) is 0 Å². The van der Waals surface area contributed by atoms with Crippen LogP contribution in [0, 0.1) is 0 Å². The molecule has 1 unspecified atom stereocenters. The molecule has 0 aromatic heterocycles. The van der Waals surface area contributed by atoms with Crippen molar-refractivity contribution < 1.29 is 61.6 Å². The normalized spacial score (nSPS) is 12.4. The predicted molar refractivity (Wildman–Crippen MR) is 102 cm³/mol. The third kappa shape index (κ3) is 16.5. The van der Waals surface area contributed by atoms with E-state index in [0.717, 1.165) is 25.5 Å². The number of ether oxygens (including phenoxy) is 2. The molecule has 1 atom stereocenters. The van der Waals surface area contributed by atoms with Gasteiger partial charge in [-0.15, -0.1) is 0 Å². The molecule has 0 fully saturated rings. The van der Waals surface area contributed by atoms with Gasteiger partial charge >= 0.3 is 41.5 Å². The Morgan fingerprint density at radius 3 is 1.93 bits per heavy atom. The molecule has 0 heterocycles. The number of esters is 2. The predicted octanol–water partition coefficient (Wildman–Crippen LogP) is 0.835. The summed E-state index contributed by atoms with van der Waals surface area (Å²) in [4.78, 5) is 23.3. The summed E-state index contributed by atoms with van der Waals surface area (Å²) in [5.41, 5.74) is 0. The van der Waals surface area contributed by atoms with E-state index in [9.17, 15) is 22.6 Å². The topological polar surface area (TPSA) is 110 Å². The summed E-state index contributed by atoms with van der Waals surface area (Å²) in [5.74, 6) is -2.17. The van der Waals surface area contributed by atoms with Crippen LogP contribution >= 0.6 is 0 Å². The van der Waals surface area contributed by atoms with E-state index in [0.29, 0.717) is 6.42 Å². The van der Waals surface area contributed by atoms with E-state index in [1.807, 2.05) is 0 Å². The Balaban J connectivity index is 0. The van der Waals surface area contributed by atoms with E-state index in [2.05, 4.69) is 11.7 Å². The van der Waals surface area contributed by atoms with E-state index in [-0.39, 0.29) is 36.2 Å². The van der Waals surface area contributed by atoms with Crippen LogP contribution in [0.15, 0.2) is 12.3 Å². The smallest absolute Gasteiger partial charge is 0.747 e. The van der Waals surface area contributed by atoms with Crippen LogP contribution < -0.4 is 29.6 Å². The van der Waals surface area contributed by atoms with E-state index in [1.54, 1.807) is 6.92 Å². The van der Waals surface area contributed by atoms with E-state index in [4.69, 9.17) is 4.74 Å². The Bertz CT molecular complexity index is 546. The molecule has 0 saturated heterocycles. The minimum Gasteiger partial charge on any atom is -0.747 e. The first kappa shape index (κ1) is 29.8. The van der Waals surface area contributed by atoms with Gasteiger partial charge in [-0.2, -0.15) is 0 Å². The van der Waals surface area contributed by atoms with Crippen molar-refractivity contribution in [1.29, 1.82) is 0 Å². The Hall–Kier alpha value is -0.410. The van der Waals surface area contributed by atoms with Crippen LogP contribution in [0.2, 0.25) is 0 Å². The summed E-state index contributed by atoms with van der Waals surface area (Å²) in [5, 5.41) is -2.07. The number of hydrogen-bond donors (Lipinski definition) is 0. The van der Waals surface area contributed by atoms with E-state index in [1.165, 1.54) is 44.6 Å². The quantitative estimate of drug-likeness (QED) is 0.118. The molecule has 0 spiro atoms. The zero-order valence-electron chi connectivity index (χ0n) is 17.5. The van der Waals surface area contributed by atoms with Crippen LogP contribution in [0.5, 0.6) is 0 Å². The number of carbonyl (C=O) groups is 2. The third-order valence-corrected chi connectivity index (χ3v) is 5.10. The molecule has 28 heavy (non-hydrogen) atoms. The average molecular weight is 429 g/mol. The van der Waals surface area contributed by atoms with Crippen molar-refractivity contribution in [2.75, 3.05) is 6.61 Å². The fourth-order valence-electron chi connectivity index (χ4n) is 2.50. The third-order valence-electron chi connectivity index (χ3n) is 4.04. The van der Waals surface area contributed by atoms with Crippen molar-refractivity contribution in [3.8, 4) is 0 Å². The van der Waals surface area contributed by atoms with E-state index >= 15 is 0 Å². The molecule has 0 saturated carbocycles. The van der Waals surface area contributed by atoms with Gasteiger partial charge in [-0.3, -0.25) is 9.59 Å². The first-order valence-electron chi connectivity index (χ1n) is 9.74. The van der Waals surface area contributed by atoms with Crippen molar-refractivity contribution in [2.24, 2.45) is 0 Å². The largest absolute Gasteiger partial charge is 1.00 e. The fraction of sp³-hybridized carbons (Fsp3) is 0.789. The molecule has 0 aliphatic rings. The number of allylic oxidation sites excluding steroid dienone is 1. The van der Waals surface area contributed by atoms with Gasteiger partial charge in [0.25, 0.3) is 0 Å². The van der Waals surface area contributed by atoms with Crippen LogP contribution in [-0.2, 0) is 29.2 Å². The summed E-state index contributed by atoms with van der Waals surface area (Å²) in [6, 6.07) is 0. The van der Waals surface area contributed by atoms with Crippen molar-refractivity contribution in [3.63, 3.8) is 0 Å². The molecule has 0 rings (SSSR count). The maximum absolute atomic E-state index is 11.8. The van der Waals surface area contributed by atoms with Gasteiger partial charge in [0.2, 0.25) is 0 Å².